The molecule has 0 N–H and O–H groups in total. The lowest BCUT2D eigenvalue weighted by Crippen LogP contribution is -2.42. The normalized spacial score (nSPS) is 18.1. The number of rotatable bonds is 5. The highest BCUT2D eigenvalue weighted by atomic mass is 32.2. The molecule has 3 aromatic carbocycles. The maximum Gasteiger partial charge on any atom is 0.191 e. The lowest BCUT2D eigenvalue weighted by atomic mass is 9.87. The third-order valence-corrected chi connectivity index (χ3v) is 6.19. The molecule has 0 aliphatic carbocycles. The number of para-hydroxylation sites is 1. The summed E-state index contributed by atoms with van der Waals surface area (Å²) in [6.07, 6.45) is 0. The fraction of sp³-hybridized carbons (Fsp3) is 0.174. The van der Waals surface area contributed by atoms with E-state index in [1.165, 1.54) is 11.8 Å². The highest BCUT2D eigenvalue weighted by Crippen LogP contribution is 2.51. The molecule has 0 spiro atoms. The molecule has 0 amide bonds. The predicted molar refractivity (Wildman–Crippen MR) is 110 cm³/mol. The summed E-state index contributed by atoms with van der Waals surface area (Å²) in [6, 6.07) is 22.8. The van der Waals surface area contributed by atoms with Gasteiger partial charge in [0.15, 0.2) is 5.78 Å². The molecule has 142 valence electrons. The fourth-order valence-corrected chi connectivity index (χ4v) is 4.69. The van der Waals surface area contributed by atoms with Crippen LogP contribution in [0.3, 0.4) is 0 Å². The minimum Gasteiger partial charge on any atom is -0.497 e. The first-order chi connectivity index (χ1) is 13.7. The summed E-state index contributed by atoms with van der Waals surface area (Å²) in [5.41, 5.74) is 1.35. The van der Waals surface area contributed by atoms with Crippen molar-refractivity contribution in [3.8, 4) is 17.2 Å². The van der Waals surface area contributed by atoms with Gasteiger partial charge in [0.2, 0.25) is 0 Å². The average Bonchev–Trinajstić information content (AvgIpc) is 2.76. The maximum atomic E-state index is 13.8. The Morgan fingerprint density at radius 1 is 0.929 bits per heavy atom. The summed E-state index contributed by atoms with van der Waals surface area (Å²) in [6.45, 7) is 0.213. The molecular formula is C23H20O4S. The van der Waals surface area contributed by atoms with Crippen molar-refractivity contribution >= 4 is 17.5 Å². The number of Topliss-reactive ketones (excluding diaryl/α,β-unsaturated/α-hetero) is 1. The first kappa shape index (κ1) is 18.4. The highest BCUT2D eigenvalue weighted by molar-refractivity contribution is 8.01. The molecule has 0 saturated carbocycles. The zero-order chi connectivity index (χ0) is 19.6. The Kier molecular flexibility index (Phi) is 5.01. The number of thioether (sulfide) groups is 1. The van der Waals surface area contributed by atoms with Crippen LogP contribution in [0.4, 0.5) is 0 Å². The number of hydrogen-bond acceptors (Lipinski definition) is 5. The monoisotopic (exact) mass is 392 g/mol. The van der Waals surface area contributed by atoms with Crippen molar-refractivity contribution in [3.63, 3.8) is 0 Å². The molecule has 0 aromatic heterocycles. The van der Waals surface area contributed by atoms with Gasteiger partial charge in [0.05, 0.1) is 19.8 Å². The van der Waals surface area contributed by atoms with E-state index in [1.54, 1.807) is 20.3 Å². The number of carbonyl (C=O) groups excluding carboxylic acids is 1. The van der Waals surface area contributed by atoms with Crippen LogP contribution in [-0.2, 0) is 4.75 Å². The van der Waals surface area contributed by atoms with Gasteiger partial charge in [-0.05, 0) is 36.4 Å². The molecule has 5 heteroatoms. The number of ketones is 1. The van der Waals surface area contributed by atoms with Gasteiger partial charge < -0.3 is 14.2 Å². The van der Waals surface area contributed by atoms with Crippen LogP contribution in [0.1, 0.15) is 15.9 Å². The molecule has 1 aliphatic heterocycles. The first-order valence-electron chi connectivity index (χ1n) is 8.91. The summed E-state index contributed by atoms with van der Waals surface area (Å²) in [7, 11) is 3.20. The molecular weight excluding hydrogens is 372 g/mol. The summed E-state index contributed by atoms with van der Waals surface area (Å²) in [5.74, 6) is 1.89. The van der Waals surface area contributed by atoms with E-state index < -0.39 is 4.75 Å². The summed E-state index contributed by atoms with van der Waals surface area (Å²) >= 11 is 1.48. The number of hydrogen-bond donors (Lipinski definition) is 0. The van der Waals surface area contributed by atoms with Gasteiger partial charge in [0.25, 0.3) is 0 Å². The van der Waals surface area contributed by atoms with Gasteiger partial charge in [-0.3, -0.25) is 4.79 Å². The summed E-state index contributed by atoms with van der Waals surface area (Å²) < 4.78 is 16.1. The maximum absolute atomic E-state index is 13.8. The van der Waals surface area contributed by atoms with Crippen molar-refractivity contribution in [2.75, 3.05) is 20.8 Å². The van der Waals surface area contributed by atoms with Crippen molar-refractivity contribution in [1.82, 2.24) is 0 Å². The van der Waals surface area contributed by atoms with E-state index >= 15 is 0 Å². The van der Waals surface area contributed by atoms with Crippen molar-refractivity contribution in [2.24, 2.45) is 0 Å². The number of fused-ring (bicyclic) bond motifs is 1. The van der Waals surface area contributed by atoms with Crippen LogP contribution in [0, 0.1) is 0 Å². The van der Waals surface area contributed by atoms with Crippen LogP contribution >= 0.6 is 11.8 Å². The van der Waals surface area contributed by atoms with Crippen molar-refractivity contribution < 1.29 is 19.0 Å². The second-order valence-electron chi connectivity index (χ2n) is 6.42. The van der Waals surface area contributed by atoms with Gasteiger partial charge in [0, 0.05) is 16.5 Å². The Bertz CT molecular complexity index is 1000. The molecule has 0 radical (unpaired) electrons. The standard InChI is InChI=1S/C23H20O4S/c1-25-16-12-13-19(21(14-16)26-2)23(28-17-8-4-3-5-9-17)15-27-20-11-7-6-10-18(20)22(23)24/h3-14H,15H2,1-2H3. The third-order valence-electron chi connectivity index (χ3n) is 4.81. The molecule has 4 nitrogen and oxygen atoms in total. The van der Waals surface area contributed by atoms with Crippen molar-refractivity contribution in [3.05, 3.63) is 83.9 Å². The number of ether oxygens (including phenoxy) is 3. The molecule has 28 heavy (non-hydrogen) atoms. The molecule has 1 heterocycles. The largest absolute Gasteiger partial charge is 0.497 e. The third kappa shape index (κ3) is 3.12. The zero-order valence-electron chi connectivity index (χ0n) is 15.7. The quantitative estimate of drug-likeness (QED) is 0.614. The Balaban J connectivity index is 1.90. The minimum atomic E-state index is -0.965. The van der Waals surface area contributed by atoms with E-state index in [1.807, 2.05) is 66.7 Å². The Morgan fingerprint density at radius 2 is 1.68 bits per heavy atom. The minimum absolute atomic E-state index is 0.00618. The van der Waals surface area contributed by atoms with Crippen LogP contribution in [0.15, 0.2) is 77.7 Å². The molecule has 0 fully saturated rings. The van der Waals surface area contributed by atoms with Gasteiger partial charge in [-0.1, -0.05) is 30.3 Å². The smallest absolute Gasteiger partial charge is 0.191 e. The van der Waals surface area contributed by atoms with Crippen LogP contribution in [0.2, 0.25) is 0 Å². The predicted octanol–water partition coefficient (Wildman–Crippen LogP) is 4.97. The van der Waals surface area contributed by atoms with Crippen LogP contribution in [-0.4, -0.2) is 26.6 Å². The van der Waals surface area contributed by atoms with Crippen molar-refractivity contribution in [2.45, 2.75) is 9.64 Å². The fourth-order valence-electron chi connectivity index (χ4n) is 3.40. The van der Waals surface area contributed by atoms with Crippen LogP contribution < -0.4 is 14.2 Å². The van der Waals surface area contributed by atoms with Crippen LogP contribution in [0.5, 0.6) is 17.2 Å². The Hall–Kier alpha value is -2.92. The molecule has 0 bridgehead atoms. The summed E-state index contributed by atoms with van der Waals surface area (Å²) in [4.78, 5) is 14.8. The van der Waals surface area contributed by atoms with E-state index in [4.69, 9.17) is 14.2 Å². The van der Waals surface area contributed by atoms with E-state index in [9.17, 15) is 4.79 Å². The topological polar surface area (TPSA) is 44.8 Å². The zero-order valence-corrected chi connectivity index (χ0v) is 16.5. The molecule has 1 unspecified atom stereocenters. The van der Waals surface area contributed by atoms with Gasteiger partial charge in [-0.15, -0.1) is 11.8 Å². The molecule has 1 aliphatic rings. The van der Waals surface area contributed by atoms with Crippen molar-refractivity contribution in [1.29, 1.82) is 0 Å². The molecule has 1 atom stereocenters. The van der Waals surface area contributed by atoms with Gasteiger partial charge in [-0.2, -0.15) is 0 Å². The average molecular weight is 392 g/mol. The van der Waals surface area contributed by atoms with E-state index in [-0.39, 0.29) is 12.4 Å². The highest BCUT2D eigenvalue weighted by Gasteiger charge is 2.48. The molecule has 3 aromatic rings. The van der Waals surface area contributed by atoms with Gasteiger partial charge >= 0.3 is 0 Å². The van der Waals surface area contributed by atoms with E-state index in [0.29, 0.717) is 22.8 Å². The lowest BCUT2D eigenvalue weighted by molar-refractivity contribution is 0.0865. The van der Waals surface area contributed by atoms with Gasteiger partial charge in [-0.25, -0.2) is 0 Å². The summed E-state index contributed by atoms with van der Waals surface area (Å²) in [5, 5.41) is 0. The molecule has 4 rings (SSSR count). The second-order valence-corrected chi connectivity index (χ2v) is 7.79. The van der Waals surface area contributed by atoms with Crippen LogP contribution in [0.25, 0.3) is 0 Å². The first-order valence-corrected chi connectivity index (χ1v) is 9.73. The SMILES string of the molecule is COc1ccc(C2(Sc3ccccc3)COc3ccccc3C2=O)c(OC)c1. The Labute approximate surface area is 168 Å². The van der Waals surface area contributed by atoms with E-state index in [0.717, 1.165) is 10.5 Å². The van der Waals surface area contributed by atoms with Gasteiger partial charge in [0.1, 0.15) is 28.6 Å². The Morgan fingerprint density at radius 3 is 2.43 bits per heavy atom. The number of benzene rings is 3. The second kappa shape index (κ2) is 7.60. The number of carbonyl (C=O) groups is 1. The lowest BCUT2D eigenvalue weighted by Gasteiger charge is -2.37. The number of methoxy groups -OCH3 is 2. The van der Waals surface area contributed by atoms with E-state index in [2.05, 4.69) is 0 Å². The molecule has 0 saturated heterocycles.